The Labute approximate surface area is 76.2 Å². The molecule has 0 N–H and O–H groups in total. The maximum Gasteiger partial charge on any atom is 0.240 e. The molecule has 0 aromatic heterocycles. The Bertz CT molecular complexity index is 251. The van der Waals surface area contributed by atoms with Crippen molar-refractivity contribution in [2.24, 2.45) is 0 Å². The van der Waals surface area contributed by atoms with Crippen LogP contribution in [0.15, 0.2) is 0 Å². The monoisotopic (exact) mass is 214 g/mol. The lowest BCUT2D eigenvalue weighted by atomic mass is 9.90. The van der Waals surface area contributed by atoms with Gasteiger partial charge in [0.15, 0.2) is 5.79 Å². The molecule has 0 amide bonds. The van der Waals surface area contributed by atoms with E-state index in [-0.39, 0.29) is 0 Å². The van der Waals surface area contributed by atoms with Gasteiger partial charge in [-0.15, -0.1) is 0 Å². The summed E-state index contributed by atoms with van der Waals surface area (Å²) >= 11 is 0. The third-order valence-corrected chi connectivity index (χ3v) is 4.20. The third-order valence-electron chi connectivity index (χ3n) is 2.28. The van der Waals surface area contributed by atoms with Gasteiger partial charge in [0.1, 0.15) is 5.25 Å². The normalized spacial score (nSPS) is 28.1. The van der Waals surface area contributed by atoms with Crippen LogP contribution in [0.4, 0.5) is 0 Å². The van der Waals surface area contributed by atoms with Crippen molar-refractivity contribution in [2.75, 3.05) is 14.2 Å². The van der Waals surface area contributed by atoms with Gasteiger partial charge >= 0.3 is 0 Å². The van der Waals surface area contributed by atoms with Crippen LogP contribution in [0.2, 0.25) is 0 Å². The second kappa shape index (κ2) is 3.14. The van der Waals surface area contributed by atoms with Crippen molar-refractivity contribution >= 4 is 19.7 Å². The van der Waals surface area contributed by atoms with Crippen molar-refractivity contribution in [1.29, 1.82) is 0 Å². The fourth-order valence-corrected chi connectivity index (χ4v) is 3.22. The molecule has 1 rings (SSSR count). The molecule has 0 saturated heterocycles. The molecule has 1 unspecified atom stereocenters. The Hall–Kier alpha value is 0.160. The molecule has 1 fully saturated rings. The second-order valence-electron chi connectivity index (χ2n) is 2.72. The predicted molar refractivity (Wildman–Crippen MR) is 44.5 cm³/mol. The molecule has 0 aromatic carbocycles. The third kappa shape index (κ3) is 1.46. The summed E-state index contributed by atoms with van der Waals surface area (Å²) in [5.41, 5.74) is 0. The topological polar surface area (TPSA) is 52.6 Å². The van der Waals surface area contributed by atoms with Crippen LogP contribution in [-0.2, 0) is 18.5 Å². The molecular formula is C6H11ClO4S. The van der Waals surface area contributed by atoms with E-state index in [2.05, 4.69) is 0 Å². The number of ether oxygens (including phenoxy) is 2. The van der Waals surface area contributed by atoms with E-state index in [1.165, 1.54) is 14.2 Å². The maximum absolute atomic E-state index is 11.0. The van der Waals surface area contributed by atoms with Crippen molar-refractivity contribution in [2.45, 2.75) is 23.9 Å². The van der Waals surface area contributed by atoms with Crippen molar-refractivity contribution in [1.82, 2.24) is 0 Å². The summed E-state index contributed by atoms with van der Waals surface area (Å²) in [5.74, 6) is -1.01. The smallest absolute Gasteiger partial charge is 0.240 e. The van der Waals surface area contributed by atoms with Crippen LogP contribution in [-0.4, -0.2) is 33.7 Å². The first-order valence-electron chi connectivity index (χ1n) is 3.50. The Kier molecular flexibility index (Phi) is 2.68. The summed E-state index contributed by atoms with van der Waals surface area (Å²) in [6, 6.07) is 0. The molecule has 0 aliphatic heterocycles. The van der Waals surface area contributed by atoms with Crippen LogP contribution in [0, 0.1) is 0 Å². The Morgan fingerprint density at radius 3 is 2.00 bits per heavy atom. The highest BCUT2D eigenvalue weighted by atomic mass is 35.7. The molecule has 72 valence electrons. The van der Waals surface area contributed by atoms with Crippen molar-refractivity contribution in [3.63, 3.8) is 0 Å². The fourth-order valence-electron chi connectivity index (χ4n) is 1.40. The average Bonchev–Trinajstić information content (AvgIpc) is 1.85. The summed E-state index contributed by atoms with van der Waals surface area (Å²) in [6.07, 6.45) is 1.06. The second-order valence-corrected chi connectivity index (χ2v) is 5.53. The van der Waals surface area contributed by atoms with Gasteiger partial charge in [0, 0.05) is 31.3 Å². The van der Waals surface area contributed by atoms with E-state index in [4.69, 9.17) is 20.2 Å². The molecule has 12 heavy (non-hydrogen) atoms. The SMILES string of the molecule is COC1(OC)CCC1S(=O)(=O)Cl. The zero-order chi connectivity index (χ0) is 9.41. The molecule has 0 spiro atoms. The van der Waals surface area contributed by atoms with E-state index in [0.29, 0.717) is 12.8 Å². The van der Waals surface area contributed by atoms with Gasteiger partial charge in [0.05, 0.1) is 0 Å². The molecular weight excluding hydrogens is 204 g/mol. The molecule has 6 heteroatoms. The first-order chi connectivity index (χ1) is 5.46. The molecule has 1 saturated carbocycles. The first kappa shape index (κ1) is 10.2. The van der Waals surface area contributed by atoms with Gasteiger partial charge in [-0.25, -0.2) is 8.42 Å². The van der Waals surface area contributed by atoms with E-state index in [0.717, 1.165) is 0 Å². The highest BCUT2D eigenvalue weighted by molar-refractivity contribution is 8.14. The van der Waals surface area contributed by atoms with Gasteiger partial charge in [-0.1, -0.05) is 0 Å². The summed E-state index contributed by atoms with van der Waals surface area (Å²) < 4.78 is 31.9. The Morgan fingerprint density at radius 2 is 1.92 bits per heavy atom. The number of rotatable bonds is 3. The van der Waals surface area contributed by atoms with Gasteiger partial charge < -0.3 is 9.47 Å². The lowest BCUT2D eigenvalue weighted by molar-refractivity contribution is -0.245. The van der Waals surface area contributed by atoms with Crippen LogP contribution in [0.1, 0.15) is 12.8 Å². The zero-order valence-corrected chi connectivity index (χ0v) is 8.48. The van der Waals surface area contributed by atoms with Crippen LogP contribution in [0.25, 0.3) is 0 Å². The minimum absolute atomic E-state index is 0.494. The van der Waals surface area contributed by atoms with E-state index < -0.39 is 20.1 Å². The minimum atomic E-state index is -3.58. The number of halogens is 1. The first-order valence-corrected chi connectivity index (χ1v) is 5.87. The Balaban J connectivity index is 2.84. The van der Waals surface area contributed by atoms with E-state index in [9.17, 15) is 8.42 Å². The maximum atomic E-state index is 11.0. The van der Waals surface area contributed by atoms with Crippen molar-refractivity contribution in [3.05, 3.63) is 0 Å². The zero-order valence-electron chi connectivity index (χ0n) is 6.91. The summed E-state index contributed by atoms with van der Waals surface area (Å²) in [5, 5.41) is -0.735. The van der Waals surface area contributed by atoms with E-state index in [1.807, 2.05) is 0 Å². The molecule has 1 aliphatic carbocycles. The highest BCUT2D eigenvalue weighted by Crippen LogP contribution is 2.42. The number of hydrogen-bond acceptors (Lipinski definition) is 4. The number of methoxy groups -OCH3 is 2. The van der Waals surface area contributed by atoms with Gasteiger partial charge in [0.25, 0.3) is 0 Å². The molecule has 0 heterocycles. The minimum Gasteiger partial charge on any atom is -0.352 e. The molecule has 0 radical (unpaired) electrons. The fraction of sp³-hybridized carbons (Fsp3) is 1.00. The van der Waals surface area contributed by atoms with Gasteiger partial charge in [-0.05, 0) is 6.42 Å². The van der Waals surface area contributed by atoms with E-state index >= 15 is 0 Å². The van der Waals surface area contributed by atoms with Crippen molar-refractivity contribution in [3.8, 4) is 0 Å². The van der Waals surface area contributed by atoms with E-state index in [1.54, 1.807) is 0 Å². The van der Waals surface area contributed by atoms with Gasteiger partial charge in [-0.3, -0.25) is 0 Å². The van der Waals surface area contributed by atoms with Crippen LogP contribution < -0.4 is 0 Å². The molecule has 1 aliphatic rings. The Morgan fingerprint density at radius 1 is 1.42 bits per heavy atom. The quantitative estimate of drug-likeness (QED) is 0.513. The predicted octanol–water partition coefficient (Wildman–Crippen LogP) is 0.707. The summed E-state index contributed by atoms with van der Waals surface area (Å²) in [6.45, 7) is 0. The molecule has 0 bridgehead atoms. The highest BCUT2D eigenvalue weighted by Gasteiger charge is 2.54. The lowest BCUT2D eigenvalue weighted by Gasteiger charge is -2.44. The number of hydrogen-bond donors (Lipinski definition) is 0. The standard InChI is InChI=1S/C6H11ClO4S/c1-10-6(11-2)4-3-5(6)12(7,8)9/h5H,3-4H2,1-2H3. The molecule has 1 atom stereocenters. The van der Waals surface area contributed by atoms with Crippen molar-refractivity contribution < 1.29 is 17.9 Å². The molecule has 0 aromatic rings. The molecule has 4 nitrogen and oxygen atoms in total. The van der Waals surface area contributed by atoms with Gasteiger partial charge in [-0.2, -0.15) is 0 Å². The van der Waals surface area contributed by atoms with Gasteiger partial charge in [0.2, 0.25) is 9.05 Å². The lowest BCUT2D eigenvalue weighted by Crippen LogP contribution is -2.56. The van der Waals surface area contributed by atoms with Crippen LogP contribution >= 0.6 is 10.7 Å². The van der Waals surface area contributed by atoms with Crippen LogP contribution in [0.5, 0.6) is 0 Å². The largest absolute Gasteiger partial charge is 0.352 e. The summed E-state index contributed by atoms with van der Waals surface area (Å²) in [4.78, 5) is 0. The summed E-state index contributed by atoms with van der Waals surface area (Å²) in [7, 11) is 4.44. The van der Waals surface area contributed by atoms with Crippen LogP contribution in [0.3, 0.4) is 0 Å². The average molecular weight is 215 g/mol.